The van der Waals surface area contributed by atoms with E-state index in [0.29, 0.717) is 36.2 Å². The van der Waals surface area contributed by atoms with Crippen LogP contribution in [0.3, 0.4) is 0 Å². The zero-order chi connectivity index (χ0) is 35.8. The number of carbonyl (C=O) groups excluding carboxylic acids is 3. The molecule has 0 aromatic heterocycles. The highest BCUT2D eigenvalue weighted by atomic mass is 19.4. The van der Waals surface area contributed by atoms with Gasteiger partial charge in [0, 0.05) is 37.3 Å². The molecular weight excluding hydrogens is 633 g/mol. The van der Waals surface area contributed by atoms with Crippen LogP contribution in [0.1, 0.15) is 70.1 Å². The predicted molar refractivity (Wildman–Crippen MR) is 185 cm³/mol. The number of anilines is 1. The molecule has 3 aromatic carbocycles. The molecule has 3 N–H and O–H groups in total. The van der Waals surface area contributed by atoms with Crippen LogP contribution in [-0.2, 0) is 26.9 Å². The van der Waals surface area contributed by atoms with Crippen LogP contribution >= 0.6 is 0 Å². The first-order valence-corrected chi connectivity index (χ1v) is 16.5. The zero-order valence-electron chi connectivity index (χ0n) is 28.6. The number of ether oxygens (including phenoxy) is 1. The van der Waals surface area contributed by atoms with Gasteiger partial charge in [-0.25, -0.2) is 4.79 Å². The lowest BCUT2D eigenvalue weighted by molar-refractivity contribution is -0.137. The number of halogens is 3. The molecule has 3 amide bonds. The second-order valence-electron chi connectivity index (χ2n) is 13.5. The van der Waals surface area contributed by atoms with Crippen LogP contribution < -0.4 is 16.0 Å². The van der Waals surface area contributed by atoms with E-state index in [2.05, 4.69) is 20.9 Å². The molecule has 1 atom stereocenters. The van der Waals surface area contributed by atoms with E-state index in [1.807, 2.05) is 19.1 Å². The van der Waals surface area contributed by atoms with Crippen LogP contribution in [0.25, 0.3) is 11.1 Å². The quantitative estimate of drug-likeness (QED) is 0.190. The van der Waals surface area contributed by atoms with Gasteiger partial charge < -0.3 is 20.7 Å². The fourth-order valence-electron chi connectivity index (χ4n) is 5.91. The number of alkyl halides is 3. The van der Waals surface area contributed by atoms with Crippen LogP contribution in [0.15, 0.2) is 77.8 Å². The molecule has 4 rings (SSSR count). The van der Waals surface area contributed by atoms with Gasteiger partial charge in [0.25, 0.3) is 0 Å². The van der Waals surface area contributed by atoms with Crippen molar-refractivity contribution in [3.8, 4) is 11.1 Å². The maximum Gasteiger partial charge on any atom is 0.417 e. The lowest BCUT2D eigenvalue weighted by Gasteiger charge is -2.29. The Kier molecular flexibility index (Phi) is 12.2. The van der Waals surface area contributed by atoms with E-state index in [1.165, 1.54) is 12.1 Å². The Labute approximate surface area is 285 Å². The van der Waals surface area contributed by atoms with Gasteiger partial charge in [-0.2, -0.15) is 13.2 Å². The predicted octanol–water partition coefficient (Wildman–Crippen LogP) is 7.81. The number of aliphatic imine (C=N–C) groups is 1. The van der Waals surface area contributed by atoms with Crippen molar-refractivity contribution in [2.45, 2.75) is 77.6 Å². The van der Waals surface area contributed by atoms with Crippen LogP contribution in [0.2, 0.25) is 0 Å². The van der Waals surface area contributed by atoms with Crippen molar-refractivity contribution in [2.24, 2.45) is 16.8 Å². The number of nitrogens with one attached hydrogen (secondary N) is 3. The van der Waals surface area contributed by atoms with Gasteiger partial charge in [-0.15, -0.1) is 0 Å². The maximum absolute atomic E-state index is 13.8. The van der Waals surface area contributed by atoms with Crippen LogP contribution in [0.5, 0.6) is 0 Å². The van der Waals surface area contributed by atoms with E-state index < -0.39 is 35.4 Å². The highest BCUT2D eigenvalue weighted by Gasteiger charge is 2.34. The van der Waals surface area contributed by atoms with E-state index in [1.54, 1.807) is 70.3 Å². The lowest BCUT2D eigenvalue weighted by Crippen LogP contribution is -2.48. The summed E-state index contributed by atoms with van der Waals surface area (Å²) in [4.78, 5) is 43.5. The van der Waals surface area contributed by atoms with E-state index in [4.69, 9.17) is 4.74 Å². The number of benzene rings is 3. The highest BCUT2D eigenvalue weighted by molar-refractivity contribution is 6.00. The Hall–Kier alpha value is -4.67. The molecular formula is C38H45F3N4O4. The highest BCUT2D eigenvalue weighted by Crippen LogP contribution is 2.37. The second-order valence-corrected chi connectivity index (χ2v) is 13.5. The Morgan fingerprint density at radius 2 is 1.59 bits per heavy atom. The molecule has 49 heavy (non-hydrogen) atoms. The molecule has 0 unspecified atom stereocenters. The first-order chi connectivity index (χ1) is 23.1. The summed E-state index contributed by atoms with van der Waals surface area (Å²) in [5.74, 6) is -0.836. The Morgan fingerprint density at radius 1 is 0.918 bits per heavy atom. The minimum absolute atomic E-state index is 0.0332. The summed E-state index contributed by atoms with van der Waals surface area (Å²) in [6.45, 7) is 7.72. The van der Waals surface area contributed by atoms with Gasteiger partial charge in [0.2, 0.25) is 11.8 Å². The van der Waals surface area contributed by atoms with Crippen molar-refractivity contribution in [2.75, 3.05) is 18.9 Å². The van der Waals surface area contributed by atoms with Crippen LogP contribution in [0, 0.1) is 11.8 Å². The van der Waals surface area contributed by atoms with Gasteiger partial charge in [-0.1, -0.05) is 54.6 Å². The van der Waals surface area contributed by atoms with Gasteiger partial charge in [0.05, 0.1) is 5.56 Å². The normalized spacial score (nSPS) is 17.5. The number of nitrogens with zero attached hydrogens (tertiary/aromatic N) is 1. The van der Waals surface area contributed by atoms with Gasteiger partial charge >= 0.3 is 12.3 Å². The van der Waals surface area contributed by atoms with Gasteiger partial charge in [-0.05, 0) is 99.7 Å². The third-order valence-corrected chi connectivity index (χ3v) is 8.60. The molecule has 1 aliphatic carbocycles. The fourth-order valence-corrected chi connectivity index (χ4v) is 5.91. The summed E-state index contributed by atoms with van der Waals surface area (Å²) >= 11 is 0. The molecule has 0 saturated heterocycles. The SMILES string of the molecule is CN=C(C)c1ccc(NC(=O)[C@H](Cc2cccc(-c3ccccc3C(F)(F)F)c2)NC(=O)C2CCC(CNC(=O)OC(C)(C)C)CC2)cc1. The average molecular weight is 679 g/mol. The molecule has 11 heteroatoms. The molecule has 0 bridgehead atoms. The zero-order valence-corrected chi connectivity index (χ0v) is 28.6. The summed E-state index contributed by atoms with van der Waals surface area (Å²) < 4.78 is 46.7. The molecule has 8 nitrogen and oxygen atoms in total. The molecule has 3 aromatic rings. The van der Waals surface area contributed by atoms with Gasteiger partial charge in [-0.3, -0.25) is 14.6 Å². The summed E-state index contributed by atoms with van der Waals surface area (Å²) in [6, 6.07) is 18.1. The van der Waals surface area contributed by atoms with Crippen LogP contribution in [-0.4, -0.2) is 48.9 Å². The first-order valence-electron chi connectivity index (χ1n) is 16.5. The maximum atomic E-state index is 13.8. The number of carbonyl (C=O) groups is 3. The Morgan fingerprint density at radius 3 is 2.22 bits per heavy atom. The number of hydrogen-bond acceptors (Lipinski definition) is 5. The summed E-state index contributed by atoms with van der Waals surface area (Å²) in [5, 5.41) is 8.63. The van der Waals surface area contributed by atoms with E-state index >= 15 is 0 Å². The van der Waals surface area contributed by atoms with Gasteiger partial charge in [0.1, 0.15) is 11.6 Å². The van der Waals surface area contributed by atoms with Crippen molar-refractivity contribution >= 4 is 29.3 Å². The minimum Gasteiger partial charge on any atom is -0.444 e. The minimum atomic E-state index is -4.54. The molecule has 1 aliphatic rings. The second kappa shape index (κ2) is 16.2. The fraction of sp³-hybridized carbons (Fsp3) is 0.421. The molecule has 1 saturated carbocycles. The van der Waals surface area contributed by atoms with Crippen molar-refractivity contribution in [3.63, 3.8) is 0 Å². The Balaban J connectivity index is 1.49. The number of alkyl carbamates (subject to hydrolysis) is 1. The topological polar surface area (TPSA) is 109 Å². The molecule has 0 heterocycles. The Bertz CT molecular complexity index is 1640. The van der Waals surface area contributed by atoms with E-state index in [9.17, 15) is 27.6 Å². The molecule has 0 aliphatic heterocycles. The summed E-state index contributed by atoms with van der Waals surface area (Å²) in [6.07, 6.45) is -2.33. The third-order valence-electron chi connectivity index (χ3n) is 8.60. The summed E-state index contributed by atoms with van der Waals surface area (Å²) in [5.41, 5.74) is 1.91. The standard InChI is InChI=1S/C38H45F3N4O4/c1-24(42-5)27-17-19-30(20-18-27)44-35(47)33(22-26-9-8-10-29(21-26)31-11-6-7-12-32(31)38(39,40)41)45-34(46)28-15-13-25(14-16-28)23-43-36(48)49-37(2,3)4/h6-12,17-21,25,28,33H,13-16,22-23H2,1-5H3,(H,43,48)(H,44,47)(H,45,46)/t25?,28?,33-/m0/s1. The molecule has 1 fully saturated rings. The van der Waals surface area contributed by atoms with Crippen molar-refractivity contribution in [1.82, 2.24) is 10.6 Å². The number of amides is 3. The molecule has 0 radical (unpaired) electrons. The average Bonchev–Trinajstić information content (AvgIpc) is 3.06. The van der Waals surface area contributed by atoms with Crippen molar-refractivity contribution < 1.29 is 32.3 Å². The van der Waals surface area contributed by atoms with Crippen molar-refractivity contribution in [3.05, 3.63) is 89.5 Å². The van der Waals surface area contributed by atoms with Crippen LogP contribution in [0.4, 0.5) is 23.7 Å². The largest absolute Gasteiger partial charge is 0.444 e. The number of hydrogen-bond donors (Lipinski definition) is 3. The van der Waals surface area contributed by atoms with E-state index in [-0.39, 0.29) is 29.7 Å². The lowest BCUT2D eigenvalue weighted by atomic mass is 9.81. The first kappa shape index (κ1) is 37.2. The third kappa shape index (κ3) is 10.9. The van der Waals surface area contributed by atoms with Crippen molar-refractivity contribution in [1.29, 1.82) is 0 Å². The molecule has 262 valence electrons. The molecule has 0 spiro atoms. The van der Waals surface area contributed by atoms with Gasteiger partial charge in [0.15, 0.2) is 0 Å². The summed E-state index contributed by atoms with van der Waals surface area (Å²) in [7, 11) is 1.70. The van der Waals surface area contributed by atoms with E-state index in [0.717, 1.165) is 30.2 Å². The number of rotatable bonds is 10. The smallest absolute Gasteiger partial charge is 0.417 e. The monoisotopic (exact) mass is 678 g/mol.